The molecule has 0 aromatic heterocycles. The Morgan fingerprint density at radius 3 is 2.17 bits per heavy atom. The van der Waals surface area contributed by atoms with Crippen molar-refractivity contribution in [3.8, 4) is 0 Å². The highest BCUT2D eigenvalue weighted by Gasteiger charge is 2.32. The Morgan fingerprint density at radius 2 is 1.67 bits per heavy atom. The summed E-state index contributed by atoms with van der Waals surface area (Å²) in [6, 6.07) is 4.95. The minimum absolute atomic E-state index is 0.00231. The molecule has 4 nitrogen and oxygen atoms in total. The summed E-state index contributed by atoms with van der Waals surface area (Å²) in [7, 11) is 0. The zero-order chi connectivity index (χ0) is 13.3. The normalized spacial score (nSPS) is 15.1. The molecule has 7 heteroatoms. The number of nitrogens with one attached hydrogen (secondary N) is 1. The number of thiocarbonyl (C=S) groups is 1. The van der Waals surface area contributed by atoms with Crippen molar-refractivity contribution >= 4 is 58.0 Å². The fourth-order valence-corrected chi connectivity index (χ4v) is 2.38. The number of likely N-dealkylation sites (tertiary alicyclic amines) is 1. The molecule has 0 bridgehead atoms. The van der Waals surface area contributed by atoms with Gasteiger partial charge in [-0.15, -0.1) is 0 Å². The van der Waals surface area contributed by atoms with Crippen LogP contribution in [0.1, 0.15) is 12.8 Å². The Labute approximate surface area is 119 Å². The van der Waals surface area contributed by atoms with Gasteiger partial charge in [0, 0.05) is 12.8 Å². The van der Waals surface area contributed by atoms with Crippen molar-refractivity contribution in [1.29, 1.82) is 0 Å². The topological polar surface area (TPSA) is 49.4 Å². The van der Waals surface area contributed by atoms with Gasteiger partial charge in [0.05, 0.1) is 15.7 Å². The Morgan fingerprint density at radius 1 is 1.17 bits per heavy atom. The lowest BCUT2D eigenvalue weighted by molar-refractivity contribution is -0.133. The highest BCUT2D eigenvalue weighted by Crippen LogP contribution is 2.30. The highest BCUT2D eigenvalue weighted by atomic mass is 35.5. The number of hydrogen-bond acceptors (Lipinski definition) is 3. The van der Waals surface area contributed by atoms with Crippen molar-refractivity contribution in [2.45, 2.75) is 12.8 Å². The summed E-state index contributed by atoms with van der Waals surface area (Å²) in [5.41, 5.74) is 0.387. The molecule has 0 unspecified atom stereocenters. The average Bonchev–Trinajstić information content (AvgIpc) is 2.64. The second-order valence-electron chi connectivity index (χ2n) is 3.65. The third-order valence-corrected chi connectivity index (χ3v) is 3.36. The molecule has 0 saturated carbocycles. The van der Waals surface area contributed by atoms with Crippen molar-refractivity contribution in [3.63, 3.8) is 0 Å². The van der Waals surface area contributed by atoms with Crippen LogP contribution in [0.5, 0.6) is 0 Å². The molecule has 1 aromatic rings. The van der Waals surface area contributed by atoms with E-state index in [1.165, 1.54) is 0 Å². The van der Waals surface area contributed by atoms with Crippen molar-refractivity contribution in [2.75, 3.05) is 5.32 Å². The van der Waals surface area contributed by atoms with Crippen LogP contribution in [0.15, 0.2) is 18.2 Å². The average molecular weight is 303 g/mol. The molecule has 2 amide bonds. The molecule has 1 N–H and O–H groups in total. The van der Waals surface area contributed by atoms with Gasteiger partial charge in [0.2, 0.25) is 11.8 Å². The van der Waals surface area contributed by atoms with Crippen molar-refractivity contribution in [3.05, 3.63) is 28.2 Å². The minimum Gasteiger partial charge on any atom is -0.329 e. The Kier molecular flexibility index (Phi) is 3.85. The second-order valence-corrected chi connectivity index (χ2v) is 4.85. The highest BCUT2D eigenvalue weighted by molar-refractivity contribution is 7.80. The zero-order valence-corrected chi connectivity index (χ0v) is 11.4. The number of rotatable bonds is 1. The molecule has 1 saturated heterocycles. The number of halogens is 2. The van der Waals surface area contributed by atoms with Gasteiger partial charge in [-0.05, 0) is 24.4 Å². The van der Waals surface area contributed by atoms with Crippen LogP contribution in [0.25, 0.3) is 0 Å². The van der Waals surface area contributed by atoms with E-state index >= 15 is 0 Å². The predicted octanol–water partition coefficient (Wildman–Crippen LogP) is 2.84. The SMILES string of the molecule is O=C1CCC(=O)N1C(=S)Nc1c(Cl)cccc1Cl. The van der Waals surface area contributed by atoms with E-state index in [0.29, 0.717) is 15.7 Å². The van der Waals surface area contributed by atoms with Crippen LogP contribution in [0, 0.1) is 0 Å². The van der Waals surface area contributed by atoms with Crippen molar-refractivity contribution in [1.82, 2.24) is 4.90 Å². The zero-order valence-electron chi connectivity index (χ0n) is 9.07. The molecule has 1 heterocycles. The standard InChI is InChI=1S/C11H8Cl2N2O2S/c12-6-2-1-3-7(13)10(6)14-11(18)15-8(16)4-5-9(15)17/h1-3H,4-5H2,(H,14,18). The van der Waals surface area contributed by atoms with Crippen LogP contribution in [0.4, 0.5) is 5.69 Å². The van der Waals surface area contributed by atoms with Crippen LogP contribution >= 0.6 is 35.4 Å². The van der Waals surface area contributed by atoms with E-state index in [1.807, 2.05) is 0 Å². The lowest BCUT2D eigenvalue weighted by atomic mass is 10.3. The maximum atomic E-state index is 11.5. The first-order valence-corrected chi connectivity index (χ1v) is 6.28. The summed E-state index contributed by atoms with van der Waals surface area (Å²) >= 11 is 16.9. The largest absolute Gasteiger partial charge is 0.329 e. The summed E-state index contributed by atoms with van der Waals surface area (Å²) in [6.07, 6.45) is 0.355. The maximum absolute atomic E-state index is 11.5. The first-order chi connectivity index (χ1) is 8.50. The molecule has 0 spiro atoms. The van der Waals surface area contributed by atoms with Crippen molar-refractivity contribution < 1.29 is 9.59 Å². The van der Waals surface area contributed by atoms with E-state index in [4.69, 9.17) is 35.4 Å². The van der Waals surface area contributed by atoms with E-state index < -0.39 is 0 Å². The fourth-order valence-electron chi connectivity index (χ4n) is 1.58. The van der Waals surface area contributed by atoms with Gasteiger partial charge in [-0.2, -0.15) is 0 Å². The number of amides is 2. The molecule has 18 heavy (non-hydrogen) atoms. The lowest BCUT2D eigenvalue weighted by Gasteiger charge is -2.17. The minimum atomic E-state index is -0.319. The molecule has 0 radical (unpaired) electrons. The van der Waals surface area contributed by atoms with E-state index in [-0.39, 0.29) is 29.8 Å². The monoisotopic (exact) mass is 302 g/mol. The van der Waals surface area contributed by atoms with Gasteiger partial charge in [0.1, 0.15) is 0 Å². The molecular formula is C11H8Cl2N2O2S. The number of anilines is 1. The number of carbonyl (C=O) groups is 2. The van der Waals surface area contributed by atoms with Crippen LogP contribution in [0.2, 0.25) is 10.0 Å². The third kappa shape index (κ3) is 2.48. The number of para-hydroxylation sites is 1. The number of imide groups is 1. The van der Waals surface area contributed by atoms with E-state index in [2.05, 4.69) is 5.32 Å². The van der Waals surface area contributed by atoms with Gasteiger partial charge < -0.3 is 5.32 Å². The van der Waals surface area contributed by atoms with Gasteiger partial charge in [-0.3, -0.25) is 9.59 Å². The Hall–Kier alpha value is -1.17. The Balaban J connectivity index is 2.22. The van der Waals surface area contributed by atoms with Crippen LogP contribution in [0.3, 0.4) is 0 Å². The van der Waals surface area contributed by atoms with Gasteiger partial charge in [-0.25, -0.2) is 4.90 Å². The van der Waals surface area contributed by atoms with Gasteiger partial charge in [0.15, 0.2) is 5.11 Å². The summed E-state index contributed by atoms with van der Waals surface area (Å²) < 4.78 is 0. The predicted molar refractivity (Wildman–Crippen MR) is 73.8 cm³/mol. The van der Waals surface area contributed by atoms with Gasteiger partial charge in [-0.1, -0.05) is 29.3 Å². The molecule has 0 aliphatic carbocycles. The number of benzene rings is 1. The second kappa shape index (κ2) is 5.22. The molecule has 2 rings (SSSR count). The van der Waals surface area contributed by atoms with Crippen LogP contribution in [-0.4, -0.2) is 21.8 Å². The van der Waals surface area contributed by atoms with Crippen molar-refractivity contribution in [2.24, 2.45) is 0 Å². The van der Waals surface area contributed by atoms with E-state index in [9.17, 15) is 9.59 Å². The molecule has 1 aromatic carbocycles. The number of carbonyl (C=O) groups excluding carboxylic acids is 2. The van der Waals surface area contributed by atoms with Gasteiger partial charge in [0.25, 0.3) is 0 Å². The van der Waals surface area contributed by atoms with E-state index in [0.717, 1.165) is 4.90 Å². The quantitative estimate of drug-likeness (QED) is 0.640. The van der Waals surface area contributed by atoms with Gasteiger partial charge >= 0.3 is 0 Å². The van der Waals surface area contributed by atoms with E-state index in [1.54, 1.807) is 18.2 Å². The van der Waals surface area contributed by atoms with Crippen LogP contribution in [-0.2, 0) is 9.59 Å². The summed E-state index contributed by atoms with van der Waals surface area (Å²) in [6.45, 7) is 0. The smallest absolute Gasteiger partial charge is 0.236 e. The lowest BCUT2D eigenvalue weighted by Crippen LogP contribution is -2.38. The summed E-state index contributed by atoms with van der Waals surface area (Å²) in [5, 5.41) is 3.46. The fraction of sp³-hybridized carbons (Fsp3) is 0.182. The van der Waals surface area contributed by atoms with Crippen LogP contribution < -0.4 is 5.32 Å². The molecule has 94 valence electrons. The molecular weight excluding hydrogens is 295 g/mol. The summed E-state index contributed by atoms with van der Waals surface area (Å²) in [4.78, 5) is 23.9. The molecule has 1 aliphatic heterocycles. The Bertz CT molecular complexity index is 512. The number of nitrogens with zero attached hydrogens (tertiary/aromatic N) is 1. The molecule has 1 aliphatic rings. The maximum Gasteiger partial charge on any atom is 0.236 e. The first-order valence-electron chi connectivity index (χ1n) is 5.11. The first kappa shape index (κ1) is 13.3. The third-order valence-electron chi connectivity index (χ3n) is 2.45. The number of hydrogen-bond donors (Lipinski definition) is 1. The molecule has 0 atom stereocenters. The molecule has 1 fully saturated rings. The summed E-state index contributed by atoms with van der Waals surface area (Å²) in [5.74, 6) is -0.638.